The van der Waals surface area contributed by atoms with E-state index in [0.717, 1.165) is 10.3 Å². The highest BCUT2D eigenvalue weighted by molar-refractivity contribution is 6.36. The first-order valence-electron chi connectivity index (χ1n) is 5.29. The second-order valence-corrected chi connectivity index (χ2v) is 4.40. The fourth-order valence-electron chi connectivity index (χ4n) is 1.73. The molecule has 94 valence electrons. The van der Waals surface area contributed by atoms with Gasteiger partial charge in [0.1, 0.15) is 0 Å². The zero-order valence-electron chi connectivity index (χ0n) is 9.52. The molecule has 1 N–H and O–H groups in total. The Hall–Kier alpha value is -1.52. The lowest BCUT2D eigenvalue weighted by atomic mass is 10.2. The average molecular weight is 285 g/mol. The summed E-state index contributed by atoms with van der Waals surface area (Å²) in [5, 5.41) is 10.5. The van der Waals surface area contributed by atoms with Gasteiger partial charge in [0.15, 0.2) is 5.15 Å². The molecule has 0 unspecified atom stereocenters. The number of anilines is 1. The molecule has 1 heterocycles. The van der Waals surface area contributed by atoms with Crippen LogP contribution in [0, 0.1) is 0 Å². The third-order valence-electron chi connectivity index (χ3n) is 2.57. The van der Waals surface area contributed by atoms with Crippen LogP contribution in [0.15, 0.2) is 24.3 Å². The standard InChI is InChI=1S/C12H10Cl2N2O2/c1-2-16(12(17)18)9-6-7-4-3-5-8(13)10(7)15-11(9)14/h3-6H,2H2,1H3,(H,17,18). The van der Waals surface area contributed by atoms with E-state index < -0.39 is 6.09 Å². The number of benzene rings is 1. The summed E-state index contributed by atoms with van der Waals surface area (Å²) in [6.07, 6.45) is -1.07. The van der Waals surface area contributed by atoms with E-state index in [0.29, 0.717) is 22.8 Å². The van der Waals surface area contributed by atoms with Crippen molar-refractivity contribution in [2.24, 2.45) is 0 Å². The van der Waals surface area contributed by atoms with Crippen molar-refractivity contribution < 1.29 is 9.90 Å². The molecule has 0 atom stereocenters. The first kappa shape index (κ1) is 12.9. The van der Waals surface area contributed by atoms with Crippen LogP contribution >= 0.6 is 23.2 Å². The van der Waals surface area contributed by atoms with E-state index in [1.807, 2.05) is 6.07 Å². The topological polar surface area (TPSA) is 53.4 Å². The SMILES string of the molecule is CCN(C(=O)O)c1cc2cccc(Cl)c2nc1Cl. The number of hydrogen-bond acceptors (Lipinski definition) is 2. The summed E-state index contributed by atoms with van der Waals surface area (Å²) >= 11 is 12.0. The normalized spacial score (nSPS) is 10.6. The minimum absolute atomic E-state index is 0.125. The number of para-hydroxylation sites is 1. The van der Waals surface area contributed by atoms with Gasteiger partial charge in [-0.25, -0.2) is 9.78 Å². The molecule has 0 bridgehead atoms. The van der Waals surface area contributed by atoms with Gasteiger partial charge in [0.05, 0.1) is 16.2 Å². The number of carboxylic acid groups (broad SMARTS) is 1. The van der Waals surface area contributed by atoms with Crippen molar-refractivity contribution >= 4 is 45.9 Å². The maximum atomic E-state index is 11.1. The molecule has 0 aliphatic carbocycles. The summed E-state index contributed by atoms with van der Waals surface area (Å²) < 4.78 is 0. The lowest BCUT2D eigenvalue weighted by molar-refractivity contribution is 0.202. The zero-order valence-corrected chi connectivity index (χ0v) is 11.0. The Morgan fingerprint density at radius 1 is 1.44 bits per heavy atom. The van der Waals surface area contributed by atoms with E-state index in [1.165, 1.54) is 0 Å². The fourth-order valence-corrected chi connectivity index (χ4v) is 2.19. The molecule has 1 amide bonds. The van der Waals surface area contributed by atoms with Crippen molar-refractivity contribution in [3.05, 3.63) is 34.4 Å². The fraction of sp³-hybridized carbons (Fsp3) is 0.167. The maximum Gasteiger partial charge on any atom is 0.411 e. The van der Waals surface area contributed by atoms with Gasteiger partial charge in [0, 0.05) is 11.9 Å². The van der Waals surface area contributed by atoms with Gasteiger partial charge in [-0.1, -0.05) is 35.3 Å². The van der Waals surface area contributed by atoms with Gasteiger partial charge < -0.3 is 5.11 Å². The molecule has 6 heteroatoms. The first-order valence-corrected chi connectivity index (χ1v) is 6.05. The number of pyridine rings is 1. The van der Waals surface area contributed by atoms with Crippen molar-refractivity contribution in [3.8, 4) is 0 Å². The van der Waals surface area contributed by atoms with Crippen LogP contribution in [0.4, 0.5) is 10.5 Å². The molecular weight excluding hydrogens is 275 g/mol. The quantitative estimate of drug-likeness (QED) is 0.847. The van der Waals surface area contributed by atoms with Crippen LogP contribution in [0.5, 0.6) is 0 Å². The van der Waals surface area contributed by atoms with E-state index in [4.69, 9.17) is 28.3 Å². The molecule has 0 aliphatic heterocycles. The van der Waals surface area contributed by atoms with E-state index in [2.05, 4.69) is 4.98 Å². The van der Waals surface area contributed by atoms with Gasteiger partial charge in [-0.2, -0.15) is 0 Å². The number of amides is 1. The van der Waals surface area contributed by atoms with Crippen molar-refractivity contribution in [3.63, 3.8) is 0 Å². The summed E-state index contributed by atoms with van der Waals surface area (Å²) in [5.41, 5.74) is 0.927. The van der Waals surface area contributed by atoms with Gasteiger partial charge in [-0.3, -0.25) is 4.90 Å². The van der Waals surface area contributed by atoms with Gasteiger partial charge in [-0.05, 0) is 19.1 Å². The first-order chi connectivity index (χ1) is 8.54. The maximum absolute atomic E-state index is 11.1. The third kappa shape index (κ3) is 2.21. The predicted octanol–water partition coefficient (Wildman–Crippen LogP) is 4.05. The second kappa shape index (κ2) is 5.00. The highest BCUT2D eigenvalue weighted by Crippen LogP contribution is 2.31. The molecular formula is C12H10Cl2N2O2. The zero-order chi connectivity index (χ0) is 13.3. The molecule has 0 saturated carbocycles. The summed E-state index contributed by atoms with van der Waals surface area (Å²) in [6.45, 7) is 2.02. The van der Waals surface area contributed by atoms with E-state index in [9.17, 15) is 4.79 Å². The van der Waals surface area contributed by atoms with Gasteiger partial charge in [0.2, 0.25) is 0 Å². The third-order valence-corrected chi connectivity index (χ3v) is 3.15. The lowest BCUT2D eigenvalue weighted by Crippen LogP contribution is -2.29. The van der Waals surface area contributed by atoms with Crippen LogP contribution in [0.3, 0.4) is 0 Å². The van der Waals surface area contributed by atoms with E-state index >= 15 is 0 Å². The van der Waals surface area contributed by atoms with Crippen LogP contribution in [-0.4, -0.2) is 22.7 Å². The van der Waals surface area contributed by atoms with Crippen LogP contribution in [0.1, 0.15) is 6.92 Å². The molecule has 0 spiro atoms. The molecule has 0 saturated heterocycles. The average Bonchev–Trinajstić information content (AvgIpc) is 2.31. The highest BCUT2D eigenvalue weighted by atomic mass is 35.5. The number of hydrogen-bond donors (Lipinski definition) is 1. The number of halogens is 2. The largest absolute Gasteiger partial charge is 0.465 e. The Morgan fingerprint density at radius 3 is 2.78 bits per heavy atom. The van der Waals surface area contributed by atoms with Crippen molar-refractivity contribution in [1.82, 2.24) is 4.98 Å². The van der Waals surface area contributed by atoms with Crippen molar-refractivity contribution in [2.45, 2.75) is 6.92 Å². The molecule has 0 aliphatic rings. The molecule has 4 nitrogen and oxygen atoms in total. The number of rotatable bonds is 2. The van der Waals surface area contributed by atoms with Crippen molar-refractivity contribution in [2.75, 3.05) is 11.4 Å². The van der Waals surface area contributed by atoms with Crippen LogP contribution in [0.25, 0.3) is 10.9 Å². The minimum atomic E-state index is -1.07. The number of nitrogens with zero attached hydrogens (tertiary/aromatic N) is 2. The Labute approximate surface area is 114 Å². The van der Waals surface area contributed by atoms with Crippen molar-refractivity contribution in [1.29, 1.82) is 0 Å². The lowest BCUT2D eigenvalue weighted by Gasteiger charge is -2.18. The smallest absolute Gasteiger partial charge is 0.411 e. The summed E-state index contributed by atoms with van der Waals surface area (Å²) in [6, 6.07) is 6.97. The summed E-state index contributed by atoms with van der Waals surface area (Å²) in [4.78, 5) is 16.4. The Balaban J connectivity index is 2.66. The molecule has 0 radical (unpaired) electrons. The highest BCUT2D eigenvalue weighted by Gasteiger charge is 2.17. The summed E-state index contributed by atoms with van der Waals surface area (Å²) in [7, 11) is 0. The molecule has 18 heavy (non-hydrogen) atoms. The van der Waals surface area contributed by atoms with Gasteiger partial charge in [-0.15, -0.1) is 0 Å². The summed E-state index contributed by atoms with van der Waals surface area (Å²) in [5.74, 6) is 0. The van der Waals surface area contributed by atoms with Gasteiger partial charge >= 0.3 is 6.09 Å². The minimum Gasteiger partial charge on any atom is -0.465 e. The monoisotopic (exact) mass is 284 g/mol. The predicted molar refractivity (Wildman–Crippen MR) is 72.8 cm³/mol. The van der Waals surface area contributed by atoms with Crippen LogP contribution in [-0.2, 0) is 0 Å². The molecule has 2 aromatic rings. The second-order valence-electron chi connectivity index (χ2n) is 3.64. The Bertz CT molecular complexity index is 616. The van der Waals surface area contributed by atoms with E-state index in [1.54, 1.807) is 25.1 Å². The Morgan fingerprint density at radius 2 is 2.17 bits per heavy atom. The molecule has 2 rings (SSSR count). The van der Waals surface area contributed by atoms with Gasteiger partial charge in [0.25, 0.3) is 0 Å². The number of carbonyl (C=O) groups is 1. The molecule has 0 fully saturated rings. The Kier molecular flexibility index (Phi) is 3.59. The molecule has 1 aromatic heterocycles. The molecule has 1 aromatic carbocycles. The number of aromatic nitrogens is 1. The number of fused-ring (bicyclic) bond motifs is 1. The van der Waals surface area contributed by atoms with Crippen LogP contribution in [0.2, 0.25) is 10.2 Å². The van der Waals surface area contributed by atoms with E-state index in [-0.39, 0.29) is 5.15 Å². The van der Waals surface area contributed by atoms with Crippen LogP contribution < -0.4 is 4.90 Å².